The topological polar surface area (TPSA) is 52.6 Å². The van der Waals surface area contributed by atoms with Crippen molar-refractivity contribution in [3.8, 4) is 0 Å². The van der Waals surface area contributed by atoms with Gasteiger partial charge in [-0.25, -0.2) is 4.79 Å². The minimum absolute atomic E-state index is 0.495. The van der Waals surface area contributed by atoms with E-state index >= 15 is 0 Å². The van der Waals surface area contributed by atoms with Crippen LogP contribution in [0.15, 0.2) is 42.0 Å². The maximum absolute atomic E-state index is 10.6. The van der Waals surface area contributed by atoms with Gasteiger partial charge in [0.05, 0.1) is 0 Å². The number of likely N-dealkylation sites (tertiary alicyclic amines) is 1. The molecule has 0 saturated carbocycles. The van der Waals surface area contributed by atoms with Gasteiger partial charge in [0.2, 0.25) is 0 Å². The molecule has 4 nitrogen and oxygen atoms in total. The van der Waals surface area contributed by atoms with Crippen LogP contribution in [-0.4, -0.2) is 41.7 Å². The van der Waals surface area contributed by atoms with E-state index in [1.807, 2.05) is 13.0 Å². The van der Waals surface area contributed by atoms with Gasteiger partial charge in [0.25, 0.3) is 0 Å². The molecule has 0 aromatic heterocycles. The number of nitrogens with zero attached hydrogens (tertiary/aromatic N) is 1. The first-order valence-corrected chi connectivity index (χ1v) is 7.53. The Kier molecular flexibility index (Phi) is 5.96. The molecule has 0 amide bonds. The Morgan fingerprint density at radius 3 is 2.62 bits per heavy atom. The number of carbonyl (C=O) groups is 1. The number of rotatable bonds is 6. The van der Waals surface area contributed by atoms with Crippen LogP contribution in [0.5, 0.6) is 0 Å². The number of benzene rings is 1. The fourth-order valence-corrected chi connectivity index (χ4v) is 2.70. The lowest BCUT2D eigenvalue weighted by Gasteiger charge is -2.32. The summed E-state index contributed by atoms with van der Waals surface area (Å²) in [7, 11) is 0. The maximum Gasteiger partial charge on any atom is 0.328 e. The van der Waals surface area contributed by atoms with Crippen molar-refractivity contribution in [2.75, 3.05) is 19.6 Å². The molecule has 0 unspecified atom stereocenters. The predicted octanol–water partition coefficient (Wildman–Crippen LogP) is 2.27. The maximum atomic E-state index is 10.6. The van der Waals surface area contributed by atoms with E-state index in [0.717, 1.165) is 38.0 Å². The zero-order valence-electron chi connectivity index (χ0n) is 12.6. The highest BCUT2D eigenvalue weighted by Crippen LogP contribution is 2.14. The lowest BCUT2D eigenvalue weighted by Crippen LogP contribution is -2.42. The van der Waals surface area contributed by atoms with Gasteiger partial charge in [0.15, 0.2) is 0 Å². The Hall–Kier alpha value is -1.65. The van der Waals surface area contributed by atoms with Gasteiger partial charge in [-0.3, -0.25) is 4.90 Å². The van der Waals surface area contributed by atoms with Crippen molar-refractivity contribution in [1.29, 1.82) is 0 Å². The lowest BCUT2D eigenvalue weighted by molar-refractivity contribution is -0.131. The van der Waals surface area contributed by atoms with Crippen LogP contribution in [-0.2, 0) is 11.3 Å². The van der Waals surface area contributed by atoms with E-state index in [1.54, 1.807) is 0 Å². The van der Waals surface area contributed by atoms with Crippen LogP contribution in [0.3, 0.4) is 0 Å². The Morgan fingerprint density at radius 1 is 1.33 bits per heavy atom. The van der Waals surface area contributed by atoms with Crippen molar-refractivity contribution in [2.24, 2.45) is 0 Å². The van der Waals surface area contributed by atoms with E-state index < -0.39 is 5.97 Å². The third-order valence-corrected chi connectivity index (χ3v) is 3.88. The molecule has 4 heteroatoms. The second-order valence-corrected chi connectivity index (χ2v) is 5.75. The summed E-state index contributed by atoms with van der Waals surface area (Å²) >= 11 is 0. The van der Waals surface area contributed by atoms with E-state index in [9.17, 15) is 4.79 Å². The van der Waals surface area contributed by atoms with Gasteiger partial charge in [0.1, 0.15) is 0 Å². The van der Waals surface area contributed by atoms with Crippen molar-refractivity contribution < 1.29 is 9.90 Å². The molecule has 1 fully saturated rings. The zero-order valence-corrected chi connectivity index (χ0v) is 12.6. The molecule has 2 N–H and O–H groups in total. The minimum Gasteiger partial charge on any atom is -0.478 e. The number of aliphatic carboxylic acids is 1. The summed E-state index contributed by atoms with van der Waals surface area (Å²) in [4.78, 5) is 13.0. The highest BCUT2D eigenvalue weighted by molar-refractivity contribution is 5.80. The molecule has 2 rings (SSSR count). The summed E-state index contributed by atoms with van der Waals surface area (Å²) in [6.45, 7) is 5.72. The van der Waals surface area contributed by atoms with E-state index in [2.05, 4.69) is 34.5 Å². The van der Waals surface area contributed by atoms with Gasteiger partial charge in [-0.1, -0.05) is 35.9 Å². The molecule has 1 aliphatic heterocycles. The first-order valence-electron chi connectivity index (χ1n) is 7.53. The fourth-order valence-electron chi connectivity index (χ4n) is 2.70. The molecule has 0 bridgehead atoms. The Labute approximate surface area is 126 Å². The van der Waals surface area contributed by atoms with Gasteiger partial charge in [0, 0.05) is 25.2 Å². The highest BCUT2D eigenvalue weighted by Gasteiger charge is 2.18. The first kappa shape index (κ1) is 15.7. The first-order chi connectivity index (χ1) is 10.1. The zero-order chi connectivity index (χ0) is 15.1. The second-order valence-electron chi connectivity index (χ2n) is 5.75. The van der Waals surface area contributed by atoms with Crippen LogP contribution >= 0.6 is 0 Å². The molecule has 0 aliphatic carbocycles. The summed E-state index contributed by atoms with van der Waals surface area (Å²) < 4.78 is 0. The van der Waals surface area contributed by atoms with Crippen molar-refractivity contribution in [2.45, 2.75) is 32.4 Å². The number of hydrogen-bond donors (Lipinski definition) is 2. The molecular weight excluding hydrogens is 264 g/mol. The minimum atomic E-state index is -0.869. The molecule has 0 spiro atoms. The van der Waals surface area contributed by atoms with Crippen LogP contribution in [0.2, 0.25) is 0 Å². The van der Waals surface area contributed by atoms with Crippen LogP contribution in [0.25, 0.3) is 0 Å². The van der Waals surface area contributed by atoms with Crippen molar-refractivity contribution in [3.05, 3.63) is 47.5 Å². The highest BCUT2D eigenvalue weighted by atomic mass is 16.4. The normalized spacial score (nSPS) is 17.9. The van der Waals surface area contributed by atoms with E-state index in [0.29, 0.717) is 12.6 Å². The third-order valence-electron chi connectivity index (χ3n) is 3.88. The monoisotopic (exact) mass is 288 g/mol. The van der Waals surface area contributed by atoms with Crippen molar-refractivity contribution in [3.63, 3.8) is 0 Å². The molecule has 1 aromatic carbocycles. The van der Waals surface area contributed by atoms with Gasteiger partial charge in [-0.05, 0) is 38.4 Å². The van der Waals surface area contributed by atoms with E-state index in [1.165, 1.54) is 11.6 Å². The van der Waals surface area contributed by atoms with Crippen molar-refractivity contribution in [1.82, 2.24) is 10.2 Å². The van der Waals surface area contributed by atoms with Crippen LogP contribution in [0, 0.1) is 0 Å². The molecule has 0 radical (unpaired) electrons. The largest absolute Gasteiger partial charge is 0.478 e. The number of carboxylic acids is 1. The molecule has 1 heterocycles. The van der Waals surface area contributed by atoms with Gasteiger partial charge in [-0.2, -0.15) is 0 Å². The van der Waals surface area contributed by atoms with Gasteiger partial charge >= 0.3 is 5.97 Å². The van der Waals surface area contributed by atoms with Crippen molar-refractivity contribution >= 4 is 5.97 Å². The standard InChI is InChI=1S/C17H24N2O2/c1-14(11-17(20)21)12-18-16-7-9-19(10-8-16)13-15-5-3-2-4-6-15/h2-6,11,16,18H,7-10,12-13H2,1H3,(H,20,21)/b14-11-. The smallest absolute Gasteiger partial charge is 0.328 e. The fraction of sp³-hybridized carbons (Fsp3) is 0.471. The lowest BCUT2D eigenvalue weighted by atomic mass is 10.0. The summed E-state index contributed by atoms with van der Waals surface area (Å²) in [6, 6.07) is 11.1. The number of nitrogens with one attached hydrogen (secondary N) is 1. The molecule has 1 aliphatic rings. The number of piperidine rings is 1. The van der Waals surface area contributed by atoms with E-state index in [-0.39, 0.29) is 0 Å². The molecule has 1 saturated heterocycles. The quantitative estimate of drug-likeness (QED) is 0.789. The van der Waals surface area contributed by atoms with Gasteiger partial charge < -0.3 is 10.4 Å². The molecule has 1 aromatic rings. The summed E-state index contributed by atoms with van der Waals surface area (Å²) in [5.74, 6) is -0.869. The summed E-state index contributed by atoms with van der Waals surface area (Å²) in [5, 5.41) is 12.1. The Morgan fingerprint density at radius 2 is 2.00 bits per heavy atom. The van der Waals surface area contributed by atoms with Crippen LogP contribution < -0.4 is 5.32 Å². The SMILES string of the molecule is C/C(=C/C(=O)O)CNC1CCN(Cc2ccccc2)CC1. The Bertz CT molecular complexity index is 477. The van der Waals surface area contributed by atoms with E-state index in [4.69, 9.17) is 5.11 Å². The average molecular weight is 288 g/mol. The Balaban J connectivity index is 1.70. The number of hydrogen-bond acceptors (Lipinski definition) is 3. The average Bonchev–Trinajstić information content (AvgIpc) is 2.47. The molecule has 21 heavy (non-hydrogen) atoms. The summed E-state index contributed by atoms with van der Waals surface area (Å²) in [6.07, 6.45) is 3.51. The molecule has 0 atom stereocenters. The summed E-state index contributed by atoms with van der Waals surface area (Å²) in [5.41, 5.74) is 2.23. The van der Waals surface area contributed by atoms with Crippen LogP contribution in [0.4, 0.5) is 0 Å². The third kappa shape index (κ3) is 5.69. The molecule has 114 valence electrons. The van der Waals surface area contributed by atoms with Gasteiger partial charge in [-0.15, -0.1) is 0 Å². The van der Waals surface area contributed by atoms with Crippen LogP contribution in [0.1, 0.15) is 25.3 Å². The number of carboxylic acid groups (broad SMARTS) is 1. The second kappa shape index (κ2) is 7.96. The predicted molar refractivity (Wildman–Crippen MR) is 84.1 cm³/mol. The molecular formula is C17H24N2O2.